The topological polar surface area (TPSA) is 302 Å². The number of hydrogen-bond donors (Lipinski definition) is 8. The molecule has 0 atom stereocenters. The van der Waals surface area contributed by atoms with Gasteiger partial charge in [0.05, 0.1) is 18.1 Å². The van der Waals surface area contributed by atoms with Gasteiger partial charge in [0.1, 0.15) is 15.9 Å². The molecule has 6 rings (SSSR count). The predicted molar refractivity (Wildman–Crippen MR) is 240 cm³/mol. The average molecular weight is 958 g/mol. The van der Waals surface area contributed by atoms with E-state index in [9.17, 15) is 23.2 Å². The zero-order chi connectivity index (χ0) is 45.7. The van der Waals surface area contributed by atoms with Crippen LogP contribution < -0.4 is 95.9 Å². The van der Waals surface area contributed by atoms with Crippen LogP contribution in [0.2, 0.25) is 0 Å². The number of aliphatic hydroxyl groups is 2. The normalized spacial score (nSPS) is 10.7. The smallest absolute Gasteiger partial charge is 0.744 e. The molecular formula is C41H45N13Na2O8S2. The number of hydrogen-bond acceptors (Lipinski definition) is 21. The molecule has 25 heteroatoms. The fourth-order valence-corrected chi connectivity index (χ4v) is 6.43. The Labute approximate surface area is 427 Å². The van der Waals surface area contributed by atoms with Gasteiger partial charge in [-0.05, 0) is 48.1 Å². The van der Waals surface area contributed by atoms with Gasteiger partial charge in [0, 0.05) is 50.6 Å². The van der Waals surface area contributed by atoms with E-state index in [1.807, 2.05) is 67.7 Å². The summed E-state index contributed by atoms with van der Waals surface area (Å²) in [5, 5.41) is 38.1. The third-order valence-electron chi connectivity index (χ3n) is 8.52. The van der Waals surface area contributed by atoms with Crippen molar-refractivity contribution in [3.63, 3.8) is 0 Å². The molecular weight excluding hydrogens is 913 g/mol. The molecule has 6 aromatic rings. The van der Waals surface area contributed by atoms with Gasteiger partial charge in [-0.15, -0.1) is 43.0 Å². The molecule has 0 aliphatic rings. The maximum atomic E-state index is 12.5. The Morgan fingerprint density at radius 1 is 0.712 bits per heavy atom. The molecule has 0 aliphatic heterocycles. The van der Waals surface area contributed by atoms with Crippen molar-refractivity contribution in [1.29, 1.82) is 0 Å². The van der Waals surface area contributed by atoms with Gasteiger partial charge in [-0.1, -0.05) is 60.7 Å². The molecule has 0 aliphatic carbocycles. The number of para-hydroxylation sites is 1. The van der Waals surface area contributed by atoms with Crippen molar-refractivity contribution >= 4 is 79.7 Å². The van der Waals surface area contributed by atoms with Crippen LogP contribution in [0.4, 0.5) is 46.8 Å². The van der Waals surface area contributed by atoms with E-state index in [4.69, 9.17) is 12.6 Å². The van der Waals surface area contributed by atoms with Crippen LogP contribution in [0.25, 0.3) is 12.2 Å². The second kappa shape index (κ2) is 28.9. The van der Waals surface area contributed by atoms with E-state index >= 15 is 0 Å². The van der Waals surface area contributed by atoms with Crippen LogP contribution in [0.5, 0.6) is 0 Å². The van der Waals surface area contributed by atoms with Gasteiger partial charge in [-0.25, -0.2) is 8.42 Å². The Hall–Kier alpha value is -4.99. The molecule has 336 valence electrons. The first-order valence-corrected chi connectivity index (χ1v) is 21.9. The van der Waals surface area contributed by atoms with Crippen LogP contribution in [0.3, 0.4) is 0 Å². The summed E-state index contributed by atoms with van der Waals surface area (Å²) < 4.78 is 62.9. The maximum Gasteiger partial charge on any atom is 1.00 e. The molecule has 0 amide bonds. The first-order chi connectivity index (χ1) is 30.9. The zero-order valence-corrected chi connectivity index (χ0v) is 42.0. The quantitative estimate of drug-likeness (QED) is 0.00827. The van der Waals surface area contributed by atoms with Crippen LogP contribution in [0.15, 0.2) is 102 Å². The number of nitrogens with zero attached hydrogens (tertiary/aromatic N) is 7. The van der Waals surface area contributed by atoms with Crippen LogP contribution in [-0.4, -0.2) is 119 Å². The molecule has 0 saturated heterocycles. The van der Waals surface area contributed by atoms with Crippen molar-refractivity contribution in [2.24, 2.45) is 0 Å². The number of anilines is 8. The van der Waals surface area contributed by atoms with E-state index < -0.39 is 25.6 Å². The van der Waals surface area contributed by atoms with Crippen molar-refractivity contribution in [2.75, 3.05) is 79.3 Å². The zero-order valence-electron chi connectivity index (χ0n) is 36.3. The number of benzene rings is 4. The standard InChI is InChI=1S/C41H46N13O5S.2Na.O3S/c1-42-28-43-20-21-44-37-50-39(45-32-10-6-3-7-11-32)52-40(51-37)46-33-17-13-29(14-18-33)12-15-31-16-19-34(27-35(31)60(57,58)59)47-38-48-36(26-30-8-4-2-5-9-30)49-41(53-38)54(22-24-55)23-25-56;;;1-4(2)3/h2-13,15-19,27,42-43,55-56H,20-26,28H2,1H3,(H,57,58,59)(H,47,48,49,53)(H3,44,45,46,50,51,52);;;/q-1;2*+1;/p-1/b15-12+;;;. The molecule has 66 heavy (non-hydrogen) atoms. The van der Waals surface area contributed by atoms with Crippen molar-refractivity contribution in [3.8, 4) is 0 Å². The van der Waals surface area contributed by atoms with E-state index in [2.05, 4.69) is 67.9 Å². The minimum absolute atomic E-state index is 0. The Kier molecular flexibility index (Phi) is 24.2. The van der Waals surface area contributed by atoms with Gasteiger partial charge in [-0.2, -0.15) is 35.5 Å². The molecule has 0 saturated carbocycles. The van der Waals surface area contributed by atoms with Crippen molar-refractivity contribution in [1.82, 2.24) is 40.5 Å². The summed E-state index contributed by atoms with van der Waals surface area (Å²) in [4.78, 5) is 28.3. The fraction of sp³-hybridized carbons (Fsp3) is 0.220. The molecule has 2 aromatic heterocycles. The van der Waals surface area contributed by atoms with Gasteiger partial charge in [0.25, 0.3) is 0 Å². The molecule has 0 spiro atoms. The molecule has 4 aromatic carbocycles. The van der Waals surface area contributed by atoms with E-state index in [1.165, 1.54) is 18.2 Å². The maximum absolute atomic E-state index is 12.5. The monoisotopic (exact) mass is 957 g/mol. The number of rotatable bonds is 22. The fourth-order valence-electron chi connectivity index (χ4n) is 5.73. The van der Waals surface area contributed by atoms with Crippen molar-refractivity contribution in [3.05, 3.63) is 126 Å². The largest absolute Gasteiger partial charge is 1.00 e. The van der Waals surface area contributed by atoms with E-state index in [0.717, 1.165) is 11.3 Å². The molecule has 8 N–H and O–H groups in total. The third kappa shape index (κ3) is 19.1. The molecule has 0 radical (unpaired) electrons. The SMILES string of the molecule is CNCNCCNc1nc(Nc2c[c-]c(/C=C/c3ccc(Nc4nc(Cc5ccccc5)nc(N(CCO)CCO)n4)cc3S(=O)(=O)[O-])cc2)nc(Nc2ccccc2)n1.O=S(=O)=O.[Na+].[Na+]. The Morgan fingerprint density at radius 3 is 1.91 bits per heavy atom. The van der Waals surface area contributed by atoms with Crippen molar-refractivity contribution in [2.45, 2.75) is 11.3 Å². The average Bonchev–Trinajstić information content (AvgIpc) is 3.26. The minimum Gasteiger partial charge on any atom is -0.744 e. The molecule has 2 heterocycles. The molecule has 0 unspecified atom stereocenters. The van der Waals surface area contributed by atoms with Crippen LogP contribution in [0.1, 0.15) is 22.5 Å². The molecule has 21 nitrogen and oxygen atoms in total. The van der Waals surface area contributed by atoms with E-state index in [1.54, 1.807) is 35.2 Å². The van der Waals surface area contributed by atoms with Gasteiger partial charge >= 0.3 is 69.7 Å². The van der Waals surface area contributed by atoms with Crippen molar-refractivity contribution < 1.29 is 94.9 Å². The van der Waals surface area contributed by atoms with Crippen LogP contribution in [-0.2, 0) is 27.1 Å². The van der Waals surface area contributed by atoms with Gasteiger partial charge in [-0.3, -0.25) is 0 Å². The molecule has 0 bridgehead atoms. The molecule has 0 fully saturated rings. The summed E-state index contributed by atoms with van der Waals surface area (Å²) in [6.07, 6.45) is 3.51. The third-order valence-corrected chi connectivity index (χ3v) is 9.42. The summed E-state index contributed by atoms with van der Waals surface area (Å²) in [7, 11) is -6.18. The van der Waals surface area contributed by atoms with Crippen LogP contribution >= 0.6 is 0 Å². The Bertz CT molecular complexity index is 2670. The van der Waals surface area contributed by atoms with Gasteiger partial charge in [0.2, 0.25) is 29.7 Å². The number of aromatic nitrogens is 6. The number of aliphatic hydroxyl groups excluding tert-OH is 2. The van der Waals surface area contributed by atoms with Gasteiger partial charge in [0.15, 0.2) is 0 Å². The summed E-state index contributed by atoms with van der Waals surface area (Å²) in [5.41, 5.74) is 3.39. The van der Waals surface area contributed by atoms with E-state index in [-0.39, 0.29) is 109 Å². The predicted octanol–water partition coefficient (Wildman–Crippen LogP) is -3.27. The Morgan fingerprint density at radius 2 is 1.30 bits per heavy atom. The summed E-state index contributed by atoms with van der Waals surface area (Å²) in [6, 6.07) is 31.8. The first kappa shape index (κ1) is 55.3. The minimum atomic E-state index is -4.93. The first-order valence-electron chi connectivity index (χ1n) is 19.5. The summed E-state index contributed by atoms with van der Waals surface area (Å²) in [5.74, 6) is 1.69. The Balaban J connectivity index is 0.00000185. The second-order valence-corrected chi connectivity index (χ2v) is 15.0. The second-order valence-electron chi connectivity index (χ2n) is 13.3. The van der Waals surface area contributed by atoms with Gasteiger partial charge < -0.3 is 51.6 Å². The summed E-state index contributed by atoms with van der Waals surface area (Å²) in [6.45, 7) is 1.83. The number of nitrogens with one attached hydrogen (secondary N) is 6. The summed E-state index contributed by atoms with van der Waals surface area (Å²) >= 11 is 0. The van der Waals surface area contributed by atoms with Crippen LogP contribution in [0, 0.1) is 6.07 Å². The van der Waals surface area contributed by atoms with E-state index in [0.29, 0.717) is 61.1 Å².